The van der Waals surface area contributed by atoms with E-state index in [0.29, 0.717) is 0 Å². The summed E-state index contributed by atoms with van der Waals surface area (Å²) in [6, 6.07) is 88.3. The van der Waals surface area contributed by atoms with Crippen molar-refractivity contribution < 1.29 is 0 Å². The van der Waals surface area contributed by atoms with Gasteiger partial charge in [-0.3, -0.25) is 4.98 Å². The van der Waals surface area contributed by atoms with E-state index in [-0.39, 0.29) is 0 Å². The Kier molecular flexibility index (Phi) is 8.30. The van der Waals surface area contributed by atoms with Crippen LogP contribution in [0, 0.1) is 0 Å². The normalized spacial score (nSPS) is 12.9. The fourth-order valence-electron chi connectivity index (χ4n) is 11.6. The molecule has 1 aliphatic heterocycles. The summed E-state index contributed by atoms with van der Waals surface area (Å²) in [5.41, 5.74) is 14.5. The molecule has 0 unspecified atom stereocenters. The van der Waals surface area contributed by atoms with Gasteiger partial charge in [0.2, 0.25) is 0 Å². The van der Waals surface area contributed by atoms with Crippen molar-refractivity contribution in [2.24, 2.45) is 0 Å². The van der Waals surface area contributed by atoms with Crippen LogP contribution in [0.3, 0.4) is 0 Å². The molecule has 0 radical (unpaired) electrons. The number of hydrogen-bond donors (Lipinski definition) is 0. The number of hydrogen-bond acceptors (Lipinski definition) is 1. The van der Waals surface area contributed by atoms with E-state index in [1.165, 1.54) is 97.4 Å². The van der Waals surface area contributed by atoms with Crippen LogP contribution in [0.15, 0.2) is 249 Å². The zero-order valence-electron chi connectivity index (χ0n) is 36.5. The lowest BCUT2D eigenvalue weighted by molar-refractivity contribution is 1.18. The monoisotopic (exact) mass is 867 g/mol. The first-order valence-corrected chi connectivity index (χ1v) is 25.1. The molecule has 0 saturated heterocycles. The van der Waals surface area contributed by atoms with E-state index in [9.17, 15) is 0 Å². The van der Waals surface area contributed by atoms with E-state index < -0.39 is 8.07 Å². The van der Waals surface area contributed by atoms with Gasteiger partial charge in [-0.2, -0.15) is 0 Å². The fourth-order valence-corrected chi connectivity index (χ4v) is 16.8. The summed E-state index contributed by atoms with van der Waals surface area (Å²) >= 11 is 0. The van der Waals surface area contributed by atoms with Crippen LogP contribution < -0.4 is 20.7 Å². The number of benzene rings is 10. The highest BCUT2D eigenvalue weighted by Gasteiger charge is 2.48. The van der Waals surface area contributed by atoms with Crippen LogP contribution in [0.25, 0.3) is 99.1 Å². The molecular formula is C63H41N3Si. The van der Waals surface area contributed by atoms with Gasteiger partial charge in [-0.25, -0.2) is 0 Å². The smallest absolute Gasteiger partial charge is 0.180 e. The van der Waals surface area contributed by atoms with Gasteiger partial charge in [-0.15, -0.1) is 0 Å². The van der Waals surface area contributed by atoms with E-state index >= 15 is 0 Å². The second-order valence-electron chi connectivity index (χ2n) is 17.9. The molecule has 3 nitrogen and oxygen atoms in total. The molecule has 0 fully saturated rings. The van der Waals surface area contributed by atoms with E-state index in [1.54, 1.807) is 0 Å². The van der Waals surface area contributed by atoms with Crippen molar-refractivity contribution in [3.05, 3.63) is 249 Å². The highest BCUT2D eigenvalue weighted by molar-refractivity contribution is 7.22. The van der Waals surface area contributed by atoms with Crippen LogP contribution >= 0.6 is 0 Å². The largest absolute Gasteiger partial charge is 0.309 e. The lowest BCUT2D eigenvalue weighted by Gasteiger charge is -2.31. The van der Waals surface area contributed by atoms with Crippen LogP contribution in [0.1, 0.15) is 0 Å². The van der Waals surface area contributed by atoms with Crippen LogP contribution in [-0.2, 0) is 0 Å². The molecule has 0 spiro atoms. The van der Waals surface area contributed by atoms with Crippen molar-refractivity contribution in [2.45, 2.75) is 0 Å². The van der Waals surface area contributed by atoms with Crippen molar-refractivity contribution in [3.8, 4) is 44.8 Å². The van der Waals surface area contributed by atoms with Gasteiger partial charge >= 0.3 is 0 Å². The molecule has 67 heavy (non-hydrogen) atoms. The minimum atomic E-state index is -2.63. The lowest BCUT2D eigenvalue weighted by Crippen LogP contribution is -2.72. The van der Waals surface area contributed by atoms with Crippen molar-refractivity contribution in [1.82, 2.24) is 14.1 Å². The van der Waals surface area contributed by atoms with Gasteiger partial charge in [0, 0.05) is 56.3 Å². The van der Waals surface area contributed by atoms with Crippen molar-refractivity contribution in [3.63, 3.8) is 0 Å². The lowest BCUT2D eigenvalue weighted by atomic mass is 9.99. The van der Waals surface area contributed by atoms with E-state index in [1.807, 2.05) is 18.5 Å². The SMILES string of the molecule is c1ccc([Si]2(c3ccccc3)c3ccccc3-c3ccc(-c4ccc5c(c4)c4ccccc4n5-c4ccc5c(ccc6c7ccccc7n(-c7cccc(-c8cccnc8)c7)c56)c4)cc32)cc1. The van der Waals surface area contributed by atoms with Gasteiger partial charge < -0.3 is 9.13 Å². The van der Waals surface area contributed by atoms with Gasteiger partial charge in [-0.1, -0.05) is 182 Å². The maximum atomic E-state index is 4.41. The number of pyridine rings is 1. The summed E-state index contributed by atoms with van der Waals surface area (Å²) in [6.45, 7) is 0. The van der Waals surface area contributed by atoms with E-state index in [2.05, 4.69) is 245 Å². The van der Waals surface area contributed by atoms with Crippen molar-refractivity contribution in [1.29, 1.82) is 0 Å². The molecule has 0 N–H and O–H groups in total. The number of nitrogens with zero attached hydrogens (tertiary/aromatic N) is 3. The van der Waals surface area contributed by atoms with Gasteiger partial charge in [0.15, 0.2) is 8.07 Å². The predicted molar refractivity (Wildman–Crippen MR) is 284 cm³/mol. The second kappa shape index (κ2) is 14.7. The molecule has 4 heteroatoms. The van der Waals surface area contributed by atoms with Crippen LogP contribution in [0.4, 0.5) is 0 Å². The Morgan fingerprint density at radius 3 is 1.73 bits per heavy atom. The molecule has 13 aromatic rings. The van der Waals surface area contributed by atoms with Gasteiger partial charge in [0.25, 0.3) is 0 Å². The number of para-hydroxylation sites is 2. The summed E-state index contributed by atoms with van der Waals surface area (Å²) in [5, 5.41) is 13.1. The summed E-state index contributed by atoms with van der Waals surface area (Å²) in [4.78, 5) is 4.41. The molecule has 4 heterocycles. The first-order chi connectivity index (χ1) is 33.2. The molecule has 1 aliphatic rings. The summed E-state index contributed by atoms with van der Waals surface area (Å²) in [6.07, 6.45) is 3.77. The average molecular weight is 868 g/mol. The molecule has 0 amide bonds. The Morgan fingerprint density at radius 1 is 0.328 bits per heavy atom. The average Bonchev–Trinajstić information content (AvgIpc) is 4.03. The number of fused-ring (bicyclic) bond motifs is 11. The zero-order valence-corrected chi connectivity index (χ0v) is 37.5. The quantitative estimate of drug-likeness (QED) is 0.153. The highest BCUT2D eigenvalue weighted by atomic mass is 28.3. The predicted octanol–water partition coefficient (Wildman–Crippen LogP) is 13.1. The maximum Gasteiger partial charge on any atom is 0.180 e. The Labute approximate surface area is 389 Å². The third-order valence-electron chi connectivity index (χ3n) is 14.5. The standard InChI is InChI=1S/C63H41N3Si/c1-3-18-49(19-4-1)67(50-20-5-2-6-21-50)61-27-12-9-24-54(61)55-32-28-44(40-62(55)67)43-30-35-60-57(39-43)53-23-8-10-25-58(53)65(60)48-31-34-51-45(38-48)29-33-56-52-22-7-11-26-59(52)66(63(51)56)47-17-13-15-42(37-47)46-16-14-36-64-41-46/h1-41H. The van der Waals surface area contributed by atoms with Crippen LogP contribution in [0.2, 0.25) is 0 Å². The molecule has 10 aromatic carbocycles. The van der Waals surface area contributed by atoms with Gasteiger partial charge in [0.05, 0.1) is 22.1 Å². The van der Waals surface area contributed by atoms with Crippen LogP contribution in [-0.4, -0.2) is 22.2 Å². The summed E-state index contributed by atoms with van der Waals surface area (Å²) in [5.74, 6) is 0. The topological polar surface area (TPSA) is 22.8 Å². The third-order valence-corrected chi connectivity index (χ3v) is 19.3. The minimum Gasteiger partial charge on any atom is -0.309 e. The second-order valence-corrected chi connectivity index (χ2v) is 21.6. The molecule has 3 aromatic heterocycles. The van der Waals surface area contributed by atoms with Gasteiger partial charge in [0.1, 0.15) is 0 Å². The highest BCUT2D eigenvalue weighted by Crippen LogP contribution is 2.41. The Morgan fingerprint density at radius 2 is 0.940 bits per heavy atom. The Balaban J connectivity index is 0.932. The van der Waals surface area contributed by atoms with Gasteiger partial charge in [-0.05, 0) is 109 Å². The van der Waals surface area contributed by atoms with Crippen molar-refractivity contribution in [2.75, 3.05) is 0 Å². The zero-order chi connectivity index (χ0) is 44.1. The Hall–Kier alpha value is -8.57. The fraction of sp³-hybridized carbons (Fsp3) is 0. The maximum absolute atomic E-state index is 4.41. The molecular weight excluding hydrogens is 827 g/mol. The molecule has 0 aliphatic carbocycles. The summed E-state index contributed by atoms with van der Waals surface area (Å²) < 4.78 is 4.89. The first kappa shape index (κ1) is 37.8. The summed E-state index contributed by atoms with van der Waals surface area (Å²) in [7, 11) is -2.63. The molecule has 0 atom stereocenters. The van der Waals surface area contributed by atoms with E-state index in [4.69, 9.17) is 0 Å². The first-order valence-electron chi connectivity index (χ1n) is 23.1. The Bertz CT molecular complexity index is 4050. The molecule has 0 bridgehead atoms. The third kappa shape index (κ3) is 5.54. The minimum absolute atomic E-state index is 1.10. The molecule has 0 saturated carbocycles. The van der Waals surface area contributed by atoms with Crippen molar-refractivity contribution >= 4 is 83.2 Å². The van der Waals surface area contributed by atoms with E-state index in [0.717, 1.165) is 22.5 Å². The number of aromatic nitrogens is 3. The molecule has 312 valence electrons. The van der Waals surface area contributed by atoms with Crippen LogP contribution in [0.5, 0.6) is 0 Å². The molecule has 14 rings (SSSR count). The number of rotatable bonds is 6.